The molecule has 0 fully saturated rings. The fourth-order valence-electron chi connectivity index (χ4n) is 1.66. The molecule has 21 heavy (non-hydrogen) atoms. The molecule has 0 saturated heterocycles. The molecule has 0 radical (unpaired) electrons. The number of carbonyl (C=O) groups is 1. The van der Waals surface area contributed by atoms with E-state index < -0.39 is 5.97 Å². The van der Waals surface area contributed by atoms with Crippen LogP contribution in [0.15, 0.2) is 30.3 Å². The lowest BCUT2D eigenvalue weighted by Gasteiger charge is -2.22. The minimum atomic E-state index is -0.968. The van der Waals surface area contributed by atoms with Crippen LogP contribution in [0.2, 0.25) is 0 Å². The van der Waals surface area contributed by atoms with E-state index >= 15 is 0 Å². The second kappa shape index (κ2) is 8.77. The fourth-order valence-corrected chi connectivity index (χ4v) is 1.66. The van der Waals surface area contributed by atoms with Crippen LogP contribution in [0.3, 0.4) is 0 Å². The highest BCUT2D eigenvalue weighted by Crippen LogP contribution is 2.13. The molecule has 5 nitrogen and oxygen atoms in total. The predicted octanol–water partition coefficient (Wildman–Crippen LogP) is 2.40. The molecule has 0 aliphatic carbocycles. The fraction of sp³-hybridized carbons (Fsp3) is 0.375. The normalized spacial score (nSPS) is 12.3. The van der Waals surface area contributed by atoms with Gasteiger partial charge < -0.3 is 9.84 Å². The number of nitriles is 1. The topological polar surface area (TPSA) is 73.6 Å². The molecule has 1 unspecified atom stereocenters. The third-order valence-corrected chi connectivity index (χ3v) is 3.15. The Labute approximate surface area is 125 Å². The Balaban J connectivity index is 2.39. The van der Waals surface area contributed by atoms with E-state index in [4.69, 9.17) is 15.1 Å². The Morgan fingerprint density at radius 3 is 2.71 bits per heavy atom. The first-order valence-corrected chi connectivity index (χ1v) is 6.74. The molecule has 1 atom stereocenters. The van der Waals surface area contributed by atoms with Gasteiger partial charge in [0, 0.05) is 18.7 Å². The Hall–Kier alpha value is -2.32. The summed E-state index contributed by atoms with van der Waals surface area (Å²) in [6.07, 6.45) is 3.13. The molecule has 1 aromatic carbocycles. The van der Waals surface area contributed by atoms with Crippen molar-refractivity contribution in [3.63, 3.8) is 0 Å². The highest BCUT2D eigenvalue weighted by molar-refractivity contribution is 5.85. The van der Waals surface area contributed by atoms with Crippen molar-refractivity contribution in [1.29, 1.82) is 5.26 Å². The average molecular weight is 288 g/mol. The average Bonchev–Trinajstić information content (AvgIpc) is 2.46. The minimum Gasteiger partial charge on any atom is -0.492 e. The standard InChI is InChI=1S/C16H20N2O3/c1-13(9-10-17)18(2)11-12-21-15-6-3-14(4-7-15)5-8-16(19)20/h3-8,13H,9,11-12H2,1-2H3,(H,19,20). The van der Waals surface area contributed by atoms with Gasteiger partial charge in [0.25, 0.3) is 0 Å². The Morgan fingerprint density at radius 1 is 1.48 bits per heavy atom. The highest BCUT2D eigenvalue weighted by Gasteiger charge is 2.08. The second-order valence-corrected chi connectivity index (χ2v) is 4.78. The maximum atomic E-state index is 10.4. The third kappa shape index (κ3) is 6.59. The van der Waals surface area contributed by atoms with Gasteiger partial charge in [0.2, 0.25) is 0 Å². The zero-order valence-electron chi connectivity index (χ0n) is 12.3. The Bertz CT molecular complexity index is 517. The minimum absolute atomic E-state index is 0.210. The molecule has 1 rings (SSSR count). The van der Waals surface area contributed by atoms with Crippen molar-refractivity contribution < 1.29 is 14.6 Å². The summed E-state index contributed by atoms with van der Waals surface area (Å²) in [6.45, 7) is 3.28. The van der Waals surface area contributed by atoms with Crippen molar-refractivity contribution in [1.82, 2.24) is 4.90 Å². The summed E-state index contributed by atoms with van der Waals surface area (Å²) in [6, 6.07) is 9.58. The molecule has 0 saturated carbocycles. The molecule has 0 spiro atoms. The highest BCUT2D eigenvalue weighted by atomic mass is 16.5. The number of rotatable bonds is 8. The van der Waals surface area contributed by atoms with Gasteiger partial charge in [-0.1, -0.05) is 12.1 Å². The number of carboxylic acid groups (broad SMARTS) is 1. The van der Waals surface area contributed by atoms with Crippen LogP contribution in [0.25, 0.3) is 6.08 Å². The van der Waals surface area contributed by atoms with Crippen LogP contribution in [0, 0.1) is 11.3 Å². The first-order chi connectivity index (χ1) is 10.0. The molecule has 112 valence electrons. The zero-order valence-corrected chi connectivity index (χ0v) is 12.3. The van der Waals surface area contributed by atoms with Crippen LogP contribution in [0.1, 0.15) is 18.9 Å². The second-order valence-electron chi connectivity index (χ2n) is 4.78. The van der Waals surface area contributed by atoms with E-state index in [1.54, 1.807) is 24.3 Å². The molecular weight excluding hydrogens is 268 g/mol. The molecule has 0 aliphatic rings. The SMILES string of the molecule is CC(CC#N)N(C)CCOc1ccc(C=CC(=O)O)cc1. The lowest BCUT2D eigenvalue weighted by molar-refractivity contribution is -0.131. The predicted molar refractivity (Wildman–Crippen MR) is 80.9 cm³/mol. The van der Waals surface area contributed by atoms with Gasteiger partial charge in [0.05, 0.1) is 12.5 Å². The van der Waals surface area contributed by atoms with E-state index in [1.807, 2.05) is 14.0 Å². The molecular formula is C16H20N2O3. The van der Waals surface area contributed by atoms with Gasteiger partial charge in [-0.25, -0.2) is 4.79 Å². The van der Waals surface area contributed by atoms with E-state index in [1.165, 1.54) is 6.08 Å². The van der Waals surface area contributed by atoms with Crippen molar-refractivity contribution >= 4 is 12.0 Å². The van der Waals surface area contributed by atoms with Crippen molar-refractivity contribution in [2.24, 2.45) is 0 Å². The smallest absolute Gasteiger partial charge is 0.328 e. The van der Waals surface area contributed by atoms with Crippen LogP contribution >= 0.6 is 0 Å². The van der Waals surface area contributed by atoms with Crippen LogP contribution in [0.4, 0.5) is 0 Å². The first kappa shape index (κ1) is 16.7. The maximum absolute atomic E-state index is 10.4. The third-order valence-electron chi connectivity index (χ3n) is 3.15. The molecule has 1 N–H and O–H groups in total. The van der Waals surface area contributed by atoms with Gasteiger partial charge in [-0.2, -0.15) is 5.26 Å². The van der Waals surface area contributed by atoms with Gasteiger partial charge in [-0.05, 0) is 37.7 Å². The number of likely N-dealkylation sites (N-methyl/N-ethyl adjacent to an activating group) is 1. The van der Waals surface area contributed by atoms with Gasteiger partial charge in [0.15, 0.2) is 0 Å². The number of ether oxygens (including phenoxy) is 1. The van der Waals surface area contributed by atoms with E-state index in [0.717, 1.165) is 23.9 Å². The summed E-state index contributed by atoms with van der Waals surface area (Å²) < 4.78 is 5.62. The molecule has 0 heterocycles. The summed E-state index contributed by atoms with van der Waals surface area (Å²) in [5.74, 6) is -0.228. The summed E-state index contributed by atoms with van der Waals surface area (Å²) in [7, 11) is 1.96. The van der Waals surface area contributed by atoms with Crippen molar-refractivity contribution in [2.45, 2.75) is 19.4 Å². The van der Waals surface area contributed by atoms with Crippen LogP contribution in [0.5, 0.6) is 5.75 Å². The molecule has 0 aliphatic heterocycles. The largest absolute Gasteiger partial charge is 0.492 e. The van der Waals surface area contributed by atoms with Crippen LogP contribution < -0.4 is 4.74 Å². The van der Waals surface area contributed by atoms with Gasteiger partial charge in [0.1, 0.15) is 12.4 Å². The summed E-state index contributed by atoms with van der Waals surface area (Å²) in [4.78, 5) is 12.5. The van der Waals surface area contributed by atoms with Crippen LogP contribution in [-0.4, -0.2) is 42.2 Å². The zero-order chi connectivity index (χ0) is 15.7. The molecule has 1 aromatic rings. The first-order valence-electron chi connectivity index (χ1n) is 6.74. The summed E-state index contributed by atoms with van der Waals surface area (Å²) in [5, 5.41) is 17.2. The molecule has 0 aromatic heterocycles. The van der Waals surface area contributed by atoms with E-state index in [9.17, 15) is 4.79 Å². The molecule has 0 bridgehead atoms. The molecule has 0 amide bonds. The van der Waals surface area contributed by atoms with Gasteiger partial charge >= 0.3 is 5.97 Å². The van der Waals surface area contributed by atoms with Crippen molar-refractivity contribution in [3.8, 4) is 11.8 Å². The summed E-state index contributed by atoms with van der Waals surface area (Å²) >= 11 is 0. The monoisotopic (exact) mass is 288 g/mol. The number of hydrogen-bond donors (Lipinski definition) is 1. The Morgan fingerprint density at radius 2 is 2.14 bits per heavy atom. The van der Waals surface area contributed by atoms with Crippen LogP contribution in [-0.2, 0) is 4.79 Å². The van der Waals surface area contributed by atoms with E-state index in [-0.39, 0.29) is 6.04 Å². The molecule has 5 heteroatoms. The number of hydrogen-bond acceptors (Lipinski definition) is 4. The van der Waals surface area contributed by atoms with Crippen molar-refractivity contribution in [2.75, 3.05) is 20.2 Å². The number of nitrogens with zero attached hydrogens (tertiary/aromatic N) is 2. The summed E-state index contributed by atoms with van der Waals surface area (Å²) in [5.41, 5.74) is 0.810. The maximum Gasteiger partial charge on any atom is 0.328 e. The van der Waals surface area contributed by atoms with E-state index in [2.05, 4.69) is 11.0 Å². The lowest BCUT2D eigenvalue weighted by Crippen LogP contribution is -2.32. The number of benzene rings is 1. The lowest BCUT2D eigenvalue weighted by atomic mass is 10.2. The van der Waals surface area contributed by atoms with Crippen molar-refractivity contribution in [3.05, 3.63) is 35.9 Å². The van der Waals surface area contributed by atoms with Gasteiger partial charge in [-0.15, -0.1) is 0 Å². The quantitative estimate of drug-likeness (QED) is 0.743. The van der Waals surface area contributed by atoms with Gasteiger partial charge in [-0.3, -0.25) is 4.90 Å². The Kier molecular flexibility index (Phi) is 6.99. The number of carboxylic acids is 1. The number of aliphatic carboxylic acids is 1. The van der Waals surface area contributed by atoms with E-state index in [0.29, 0.717) is 13.0 Å².